The van der Waals surface area contributed by atoms with Gasteiger partial charge in [-0.05, 0) is 43.2 Å². The molecule has 0 aliphatic rings. The predicted molar refractivity (Wildman–Crippen MR) is 86.6 cm³/mol. The number of ether oxygens (including phenoxy) is 2. The Hall–Kier alpha value is -2.49. The highest BCUT2D eigenvalue weighted by Crippen LogP contribution is 2.23. The summed E-state index contributed by atoms with van der Waals surface area (Å²) in [6, 6.07) is 11.2. The number of nitrogens with one attached hydrogen (secondary N) is 1. The molecule has 116 valence electrons. The van der Waals surface area contributed by atoms with Gasteiger partial charge in [0.1, 0.15) is 11.5 Å². The van der Waals surface area contributed by atoms with Crippen LogP contribution in [0, 0.1) is 13.8 Å². The molecule has 0 heterocycles. The molecule has 0 saturated carbocycles. The van der Waals surface area contributed by atoms with E-state index in [2.05, 4.69) is 5.32 Å². The Morgan fingerprint density at radius 3 is 2.32 bits per heavy atom. The third-order valence-electron chi connectivity index (χ3n) is 3.69. The first-order chi connectivity index (χ1) is 10.6. The lowest BCUT2D eigenvalue weighted by molar-refractivity contribution is 0.0947. The number of carbonyl (C=O) groups excluding carboxylic acids is 1. The quantitative estimate of drug-likeness (QED) is 0.922. The number of para-hydroxylation sites is 1. The van der Waals surface area contributed by atoms with E-state index in [0.29, 0.717) is 17.9 Å². The van der Waals surface area contributed by atoms with Crippen molar-refractivity contribution in [1.29, 1.82) is 0 Å². The second kappa shape index (κ2) is 6.98. The van der Waals surface area contributed by atoms with Crippen LogP contribution in [0.25, 0.3) is 0 Å². The molecule has 0 radical (unpaired) electrons. The fourth-order valence-electron chi connectivity index (χ4n) is 2.28. The number of carbonyl (C=O) groups is 1. The number of benzene rings is 2. The average Bonchev–Trinajstić information content (AvgIpc) is 2.55. The molecule has 1 amide bonds. The van der Waals surface area contributed by atoms with Crippen molar-refractivity contribution in [3.63, 3.8) is 0 Å². The van der Waals surface area contributed by atoms with Gasteiger partial charge in [0.2, 0.25) is 0 Å². The molecule has 0 atom stereocenters. The van der Waals surface area contributed by atoms with Gasteiger partial charge in [0.05, 0.1) is 19.8 Å². The van der Waals surface area contributed by atoms with Crippen molar-refractivity contribution in [2.24, 2.45) is 0 Å². The summed E-state index contributed by atoms with van der Waals surface area (Å²) in [5.41, 5.74) is 3.81. The number of hydrogen-bond donors (Lipinski definition) is 1. The Bertz CT molecular complexity index is 680. The molecule has 2 aromatic rings. The van der Waals surface area contributed by atoms with E-state index < -0.39 is 0 Å². The van der Waals surface area contributed by atoms with Gasteiger partial charge >= 0.3 is 0 Å². The Labute approximate surface area is 131 Å². The van der Waals surface area contributed by atoms with E-state index in [4.69, 9.17) is 9.47 Å². The molecular formula is C18H21NO3. The average molecular weight is 299 g/mol. The van der Waals surface area contributed by atoms with Crippen LogP contribution >= 0.6 is 0 Å². The smallest absolute Gasteiger partial charge is 0.255 e. The number of methoxy groups -OCH3 is 2. The summed E-state index contributed by atoms with van der Waals surface area (Å²) < 4.78 is 10.6. The van der Waals surface area contributed by atoms with Crippen LogP contribution in [0.1, 0.15) is 27.0 Å². The fourth-order valence-corrected chi connectivity index (χ4v) is 2.28. The zero-order chi connectivity index (χ0) is 16.1. The summed E-state index contributed by atoms with van der Waals surface area (Å²) in [6.07, 6.45) is 0. The van der Waals surface area contributed by atoms with Crippen molar-refractivity contribution in [3.05, 3.63) is 58.7 Å². The normalized spacial score (nSPS) is 10.2. The molecule has 4 nitrogen and oxygen atoms in total. The molecule has 0 aliphatic heterocycles. The Morgan fingerprint density at radius 1 is 1.00 bits per heavy atom. The highest BCUT2D eigenvalue weighted by Gasteiger charge is 2.12. The van der Waals surface area contributed by atoms with Crippen LogP contribution < -0.4 is 14.8 Å². The molecular weight excluding hydrogens is 278 g/mol. The standard InChI is InChI=1S/C18H21NO3/c1-12-9-14(17(22-4)10-13(12)2)11-19-18(20)15-7-5-6-8-16(15)21-3/h5-10H,11H2,1-4H3,(H,19,20). The second-order valence-electron chi connectivity index (χ2n) is 5.13. The Kier molecular flexibility index (Phi) is 5.04. The van der Waals surface area contributed by atoms with Crippen molar-refractivity contribution < 1.29 is 14.3 Å². The first-order valence-corrected chi connectivity index (χ1v) is 7.12. The zero-order valence-electron chi connectivity index (χ0n) is 13.4. The molecule has 1 N–H and O–H groups in total. The van der Waals surface area contributed by atoms with Crippen LogP contribution in [-0.4, -0.2) is 20.1 Å². The lowest BCUT2D eigenvalue weighted by Crippen LogP contribution is -2.23. The van der Waals surface area contributed by atoms with Crippen molar-refractivity contribution in [3.8, 4) is 11.5 Å². The minimum atomic E-state index is -0.169. The number of hydrogen-bond acceptors (Lipinski definition) is 3. The van der Waals surface area contributed by atoms with Gasteiger partial charge in [0.15, 0.2) is 0 Å². The number of amides is 1. The SMILES string of the molecule is COc1cc(C)c(C)cc1CNC(=O)c1ccccc1OC. The van der Waals surface area contributed by atoms with Gasteiger partial charge in [-0.3, -0.25) is 4.79 Å². The van der Waals surface area contributed by atoms with E-state index in [9.17, 15) is 4.79 Å². The lowest BCUT2D eigenvalue weighted by atomic mass is 10.0. The summed E-state index contributed by atoms with van der Waals surface area (Å²) in [4.78, 5) is 12.3. The van der Waals surface area contributed by atoms with E-state index in [0.717, 1.165) is 16.9 Å². The van der Waals surface area contributed by atoms with Gasteiger partial charge in [-0.2, -0.15) is 0 Å². The van der Waals surface area contributed by atoms with Crippen LogP contribution in [-0.2, 0) is 6.54 Å². The highest BCUT2D eigenvalue weighted by molar-refractivity contribution is 5.96. The molecule has 0 bridgehead atoms. The summed E-state index contributed by atoms with van der Waals surface area (Å²) >= 11 is 0. The largest absolute Gasteiger partial charge is 0.496 e. The molecule has 4 heteroatoms. The van der Waals surface area contributed by atoms with E-state index in [1.165, 1.54) is 5.56 Å². The molecule has 0 aromatic heterocycles. The molecule has 2 aromatic carbocycles. The van der Waals surface area contributed by atoms with Gasteiger partial charge in [0.25, 0.3) is 5.91 Å². The van der Waals surface area contributed by atoms with Crippen LogP contribution in [0.4, 0.5) is 0 Å². The Morgan fingerprint density at radius 2 is 1.64 bits per heavy atom. The Balaban J connectivity index is 2.16. The van der Waals surface area contributed by atoms with Gasteiger partial charge in [-0.15, -0.1) is 0 Å². The van der Waals surface area contributed by atoms with Crippen LogP contribution in [0.3, 0.4) is 0 Å². The van der Waals surface area contributed by atoms with Gasteiger partial charge in [-0.25, -0.2) is 0 Å². The van der Waals surface area contributed by atoms with E-state index in [1.54, 1.807) is 26.4 Å². The summed E-state index contributed by atoms with van der Waals surface area (Å²) in [5.74, 6) is 1.17. The van der Waals surface area contributed by atoms with Crippen LogP contribution in [0.15, 0.2) is 36.4 Å². The van der Waals surface area contributed by atoms with E-state index in [1.807, 2.05) is 38.1 Å². The van der Waals surface area contributed by atoms with Crippen molar-refractivity contribution >= 4 is 5.91 Å². The summed E-state index contributed by atoms with van der Waals surface area (Å²) in [6.45, 7) is 4.48. The second-order valence-corrected chi connectivity index (χ2v) is 5.13. The molecule has 0 saturated heterocycles. The topological polar surface area (TPSA) is 47.6 Å². The summed E-state index contributed by atoms with van der Waals surface area (Å²) in [5, 5.41) is 2.91. The number of aryl methyl sites for hydroxylation is 2. The first-order valence-electron chi connectivity index (χ1n) is 7.12. The predicted octanol–water partition coefficient (Wildman–Crippen LogP) is 3.25. The fraction of sp³-hybridized carbons (Fsp3) is 0.278. The minimum Gasteiger partial charge on any atom is -0.496 e. The molecule has 22 heavy (non-hydrogen) atoms. The van der Waals surface area contributed by atoms with E-state index >= 15 is 0 Å². The maximum absolute atomic E-state index is 12.3. The highest BCUT2D eigenvalue weighted by atomic mass is 16.5. The van der Waals surface area contributed by atoms with E-state index in [-0.39, 0.29) is 5.91 Å². The van der Waals surface area contributed by atoms with Gasteiger partial charge in [-0.1, -0.05) is 18.2 Å². The maximum Gasteiger partial charge on any atom is 0.255 e. The third-order valence-corrected chi connectivity index (χ3v) is 3.69. The van der Waals surface area contributed by atoms with Gasteiger partial charge in [0, 0.05) is 12.1 Å². The van der Waals surface area contributed by atoms with Crippen LogP contribution in [0.5, 0.6) is 11.5 Å². The lowest BCUT2D eigenvalue weighted by Gasteiger charge is -2.13. The first kappa shape index (κ1) is 15.9. The molecule has 2 rings (SSSR count). The molecule has 0 spiro atoms. The zero-order valence-corrected chi connectivity index (χ0v) is 13.4. The third kappa shape index (κ3) is 3.39. The van der Waals surface area contributed by atoms with Crippen molar-refractivity contribution in [1.82, 2.24) is 5.32 Å². The van der Waals surface area contributed by atoms with Gasteiger partial charge < -0.3 is 14.8 Å². The number of rotatable bonds is 5. The van der Waals surface area contributed by atoms with Crippen LogP contribution in [0.2, 0.25) is 0 Å². The van der Waals surface area contributed by atoms with Crippen molar-refractivity contribution in [2.75, 3.05) is 14.2 Å². The minimum absolute atomic E-state index is 0.169. The molecule has 0 aliphatic carbocycles. The monoisotopic (exact) mass is 299 g/mol. The summed E-state index contributed by atoms with van der Waals surface area (Å²) in [7, 11) is 3.19. The van der Waals surface area contributed by atoms with Crippen molar-refractivity contribution in [2.45, 2.75) is 20.4 Å². The molecule has 0 fully saturated rings. The molecule has 0 unspecified atom stereocenters. The maximum atomic E-state index is 12.3.